The fraction of sp³-hybridized carbons (Fsp3) is 0.333. The Morgan fingerprint density at radius 2 is 2.00 bits per heavy atom. The lowest BCUT2D eigenvalue weighted by Crippen LogP contribution is -2.29. The zero-order valence-corrected chi connectivity index (χ0v) is 12.2. The molecule has 0 atom stereocenters. The van der Waals surface area contributed by atoms with Gasteiger partial charge in [0.2, 0.25) is 0 Å². The summed E-state index contributed by atoms with van der Waals surface area (Å²) in [4.78, 5) is 10.6. The highest BCUT2D eigenvalue weighted by Crippen LogP contribution is 2.24. The first kappa shape index (κ1) is 15.2. The molecular formula is C15H21N5O. The quantitative estimate of drug-likeness (QED) is 0.526. The van der Waals surface area contributed by atoms with Gasteiger partial charge in [-0.2, -0.15) is 0 Å². The number of hydrogen-bond donors (Lipinski definition) is 3. The van der Waals surface area contributed by atoms with Crippen LogP contribution in [-0.2, 0) is 13.0 Å². The normalized spacial score (nSPS) is 10.4. The molecule has 0 aliphatic heterocycles. The molecule has 0 amide bonds. The van der Waals surface area contributed by atoms with Crippen LogP contribution in [0.2, 0.25) is 0 Å². The maximum atomic E-state index is 9.34. The van der Waals surface area contributed by atoms with Gasteiger partial charge in [-0.25, -0.2) is 15.8 Å². The van der Waals surface area contributed by atoms with Crippen LogP contribution in [0.3, 0.4) is 0 Å². The van der Waals surface area contributed by atoms with E-state index in [4.69, 9.17) is 5.84 Å². The molecule has 6 heteroatoms. The van der Waals surface area contributed by atoms with Crippen LogP contribution in [0.5, 0.6) is 0 Å². The van der Waals surface area contributed by atoms with Gasteiger partial charge < -0.3 is 15.4 Å². The van der Waals surface area contributed by atoms with Crippen LogP contribution in [0.4, 0.5) is 11.6 Å². The number of aromatic nitrogens is 2. The highest BCUT2D eigenvalue weighted by Gasteiger charge is 2.15. The maximum Gasteiger partial charge on any atom is 0.148 e. The summed E-state index contributed by atoms with van der Waals surface area (Å²) in [6, 6.07) is 10.1. The van der Waals surface area contributed by atoms with E-state index in [1.165, 1.54) is 6.33 Å². The van der Waals surface area contributed by atoms with Crippen molar-refractivity contribution in [2.24, 2.45) is 5.84 Å². The minimum Gasteiger partial charge on any atom is -0.395 e. The summed E-state index contributed by atoms with van der Waals surface area (Å²) in [5.41, 5.74) is 4.72. The summed E-state index contributed by atoms with van der Waals surface area (Å²) in [7, 11) is 0. The summed E-state index contributed by atoms with van der Waals surface area (Å²) in [6.45, 7) is 3.27. The molecule has 21 heavy (non-hydrogen) atoms. The molecule has 0 bridgehead atoms. The largest absolute Gasteiger partial charge is 0.395 e. The molecular weight excluding hydrogens is 266 g/mol. The summed E-state index contributed by atoms with van der Waals surface area (Å²) in [5, 5.41) is 9.34. The SMILES string of the molecule is CCc1c(NN)ncnc1N(CCO)Cc1ccccc1. The van der Waals surface area contributed by atoms with Crippen LogP contribution in [0, 0.1) is 0 Å². The second-order valence-electron chi connectivity index (χ2n) is 4.65. The zero-order valence-electron chi connectivity index (χ0n) is 12.2. The minimum absolute atomic E-state index is 0.0609. The van der Waals surface area contributed by atoms with Crippen LogP contribution < -0.4 is 16.2 Å². The average Bonchev–Trinajstić information content (AvgIpc) is 2.54. The van der Waals surface area contributed by atoms with E-state index in [1.54, 1.807) is 0 Å². The lowest BCUT2D eigenvalue weighted by molar-refractivity contribution is 0.301. The van der Waals surface area contributed by atoms with Gasteiger partial charge in [0.1, 0.15) is 18.0 Å². The maximum absolute atomic E-state index is 9.34. The monoisotopic (exact) mass is 287 g/mol. The standard InChI is InChI=1S/C15H21N5O/c1-2-13-14(19-16)17-11-18-15(13)20(8-9-21)10-12-6-4-3-5-7-12/h3-7,11,21H,2,8-10,16H2,1H3,(H,17,18,19). The topological polar surface area (TPSA) is 87.3 Å². The van der Waals surface area contributed by atoms with Gasteiger partial charge in [-0.05, 0) is 12.0 Å². The first-order valence-electron chi connectivity index (χ1n) is 7.00. The van der Waals surface area contributed by atoms with E-state index in [-0.39, 0.29) is 6.61 Å². The van der Waals surface area contributed by atoms with Crippen LogP contribution in [-0.4, -0.2) is 28.2 Å². The number of hydrogen-bond acceptors (Lipinski definition) is 6. The highest BCUT2D eigenvalue weighted by molar-refractivity contribution is 5.58. The lowest BCUT2D eigenvalue weighted by Gasteiger charge is -2.25. The summed E-state index contributed by atoms with van der Waals surface area (Å²) >= 11 is 0. The molecule has 0 spiro atoms. The van der Waals surface area contributed by atoms with E-state index in [9.17, 15) is 5.11 Å². The van der Waals surface area contributed by atoms with E-state index < -0.39 is 0 Å². The minimum atomic E-state index is 0.0609. The zero-order chi connectivity index (χ0) is 15.1. The van der Waals surface area contributed by atoms with Crippen molar-refractivity contribution in [3.05, 3.63) is 47.8 Å². The highest BCUT2D eigenvalue weighted by atomic mass is 16.3. The van der Waals surface area contributed by atoms with Gasteiger partial charge in [0, 0.05) is 18.7 Å². The van der Waals surface area contributed by atoms with Gasteiger partial charge in [-0.1, -0.05) is 37.3 Å². The summed E-state index contributed by atoms with van der Waals surface area (Å²) in [5.74, 6) is 6.94. The van der Waals surface area contributed by atoms with Crippen LogP contribution in [0.1, 0.15) is 18.1 Å². The van der Waals surface area contributed by atoms with Crippen molar-refractivity contribution in [1.82, 2.24) is 9.97 Å². The number of nitrogens with zero attached hydrogens (tertiary/aromatic N) is 3. The second-order valence-corrected chi connectivity index (χ2v) is 4.65. The molecule has 112 valence electrons. The molecule has 0 saturated carbocycles. The van der Waals surface area contributed by atoms with Crippen molar-refractivity contribution in [1.29, 1.82) is 0 Å². The smallest absolute Gasteiger partial charge is 0.148 e. The molecule has 0 aliphatic rings. The predicted molar refractivity (Wildman–Crippen MR) is 83.8 cm³/mol. The molecule has 0 saturated heterocycles. The van der Waals surface area contributed by atoms with Gasteiger partial charge in [-0.15, -0.1) is 0 Å². The number of aliphatic hydroxyl groups excluding tert-OH is 1. The number of aliphatic hydroxyl groups is 1. The Hall–Kier alpha value is -2.18. The molecule has 1 heterocycles. The van der Waals surface area contributed by atoms with E-state index in [0.29, 0.717) is 18.9 Å². The van der Waals surface area contributed by atoms with Gasteiger partial charge in [0.05, 0.1) is 6.61 Å². The number of nitrogens with two attached hydrogens (primary N) is 1. The Morgan fingerprint density at radius 3 is 2.62 bits per heavy atom. The van der Waals surface area contributed by atoms with Crippen molar-refractivity contribution in [3.63, 3.8) is 0 Å². The molecule has 0 radical (unpaired) electrons. The van der Waals surface area contributed by atoms with Gasteiger partial charge in [0.15, 0.2) is 0 Å². The molecule has 4 N–H and O–H groups in total. The van der Waals surface area contributed by atoms with Gasteiger partial charge in [-0.3, -0.25) is 0 Å². The molecule has 0 aliphatic carbocycles. The summed E-state index contributed by atoms with van der Waals surface area (Å²) < 4.78 is 0. The van der Waals surface area contributed by atoms with Crippen molar-refractivity contribution in [2.75, 3.05) is 23.5 Å². The van der Waals surface area contributed by atoms with Crippen molar-refractivity contribution in [2.45, 2.75) is 19.9 Å². The average molecular weight is 287 g/mol. The van der Waals surface area contributed by atoms with E-state index in [2.05, 4.69) is 27.5 Å². The van der Waals surface area contributed by atoms with Crippen molar-refractivity contribution in [3.8, 4) is 0 Å². The molecule has 2 aromatic rings. The van der Waals surface area contributed by atoms with Crippen LogP contribution >= 0.6 is 0 Å². The first-order chi connectivity index (χ1) is 10.3. The second kappa shape index (κ2) is 7.56. The summed E-state index contributed by atoms with van der Waals surface area (Å²) in [6.07, 6.45) is 2.24. The number of rotatable bonds is 7. The Balaban J connectivity index is 2.34. The van der Waals surface area contributed by atoms with Crippen LogP contribution in [0.25, 0.3) is 0 Å². The number of anilines is 2. The van der Waals surface area contributed by atoms with Crippen molar-refractivity contribution >= 4 is 11.6 Å². The third-order valence-electron chi connectivity index (χ3n) is 3.30. The fourth-order valence-electron chi connectivity index (χ4n) is 2.31. The molecule has 1 aromatic heterocycles. The van der Waals surface area contributed by atoms with E-state index in [1.807, 2.05) is 30.0 Å². The Morgan fingerprint density at radius 1 is 1.24 bits per heavy atom. The number of nitrogen functional groups attached to an aromatic ring is 1. The number of hydrazine groups is 1. The van der Waals surface area contributed by atoms with E-state index in [0.717, 1.165) is 23.4 Å². The van der Waals surface area contributed by atoms with Crippen molar-refractivity contribution < 1.29 is 5.11 Å². The molecule has 0 unspecified atom stereocenters. The first-order valence-corrected chi connectivity index (χ1v) is 7.00. The van der Waals surface area contributed by atoms with E-state index >= 15 is 0 Å². The van der Waals surface area contributed by atoms with Gasteiger partial charge >= 0.3 is 0 Å². The molecule has 0 fully saturated rings. The van der Waals surface area contributed by atoms with Crippen LogP contribution in [0.15, 0.2) is 36.7 Å². The Bertz CT molecular complexity index is 561. The fourth-order valence-corrected chi connectivity index (χ4v) is 2.31. The third-order valence-corrected chi connectivity index (χ3v) is 3.30. The predicted octanol–water partition coefficient (Wildman–Crippen LogP) is 1.32. The molecule has 2 rings (SSSR count). The third kappa shape index (κ3) is 3.68. The molecule has 1 aromatic carbocycles. The lowest BCUT2D eigenvalue weighted by atomic mass is 10.1. The number of benzene rings is 1. The Kier molecular flexibility index (Phi) is 5.48. The Labute approximate surface area is 124 Å². The number of nitrogens with one attached hydrogen (secondary N) is 1. The molecule has 6 nitrogen and oxygen atoms in total. The van der Waals surface area contributed by atoms with Gasteiger partial charge in [0.25, 0.3) is 0 Å².